The van der Waals surface area contributed by atoms with Crippen LogP contribution in [0.25, 0.3) is 0 Å². The number of rotatable bonds is 5. The topological polar surface area (TPSA) is 96.2 Å². The quantitative estimate of drug-likeness (QED) is 0.616. The molecule has 1 saturated heterocycles. The molecule has 3 N–H and O–H groups in total. The zero-order valence-corrected chi connectivity index (χ0v) is 17.9. The Hall–Kier alpha value is -0.690. The van der Waals surface area contributed by atoms with E-state index in [4.69, 9.17) is 9.47 Å². The Morgan fingerprint density at radius 2 is 1.79 bits per heavy atom. The molecule has 7 atom stereocenters. The molecule has 0 aromatic heterocycles. The molecule has 1 heterocycles. The van der Waals surface area contributed by atoms with E-state index in [1.165, 1.54) is 6.92 Å². The van der Waals surface area contributed by atoms with E-state index < -0.39 is 23.9 Å². The van der Waals surface area contributed by atoms with E-state index >= 15 is 0 Å². The van der Waals surface area contributed by atoms with Gasteiger partial charge in [-0.25, -0.2) is 0 Å². The van der Waals surface area contributed by atoms with Crippen LogP contribution in [0.5, 0.6) is 0 Å². The molecule has 3 aliphatic rings. The standard InChI is InChI=1S/C22H38O6/c1-15(25)27-14-19(2)8-5-9-20(3)16(19)6-10-21(4)17(20)7-11-22(13-24,28-21)18(26)12-23/h16-18,23-24,26H,5-14H2,1-4H3/t16-,17+,18-,19+,20-,21+,22+/m1/s1. The van der Waals surface area contributed by atoms with Crippen LogP contribution < -0.4 is 0 Å². The number of carbonyl (C=O) groups is 1. The lowest BCUT2D eigenvalue weighted by atomic mass is 9.44. The SMILES string of the molecule is CC(=O)OC[C@]1(C)CCC[C@]2(C)[C@@H]1CC[C@]1(C)O[C@@](CO)([C@H](O)CO)CC[C@@H]21. The van der Waals surface area contributed by atoms with Gasteiger partial charge in [-0.2, -0.15) is 0 Å². The Balaban J connectivity index is 1.88. The molecule has 0 amide bonds. The second kappa shape index (κ2) is 7.53. The Morgan fingerprint density at radius 3 is 2.39 bits per heavy atom. The monoisotopic (exact) mass is 398 g/mol. The van der Waals surface area contributed by atoms with Crippen molar-refractivity contribution in [3.63, 3.8) is 0 Å². The smallest absolute Gasteiger partial charge is 0.302 e. The Morgan fingerprint density at radius 1 is 1.11 bits per heavy atom. The molecule has 2 saturated carbocycles. The lowest BCUT2D eigenvalue weighted by Gasteiger charge is -2.66. The van der Waals surface area contributed by atoms with Crippen LogP contribution in [-0.2, 0) is 14.3 Å². The van der Waals surface area contributed by atoms with Crippen LogP contribution in [0.15, 0.2) is 0 Å². The van der Waals surface area contributed by atoms with Crippen molar-refractivity contribution >= 4 is 5.97 Å². The van der Waals surface area contributed by atoms with Gasteiger partial charge < -0.3 is 24.8 Å². The average Bonchev–Trinajstić information content (AvgIpc) is 2.64. The minimum Gasteiger partial charge on any atom is -0.465 e. The number of hydrogen-bond donors (Lipinski definition) is 3. The Kier molecular flexibility index (Phi) is 5.92. The lowest BCUT2D eigenvalue weighted by molar-refractivity contribution is -0.302. The highest BCUT2D eigenvalue weighted by atomic mass is 16.6. The third-order valence-corrected chi connectivity index (χ3v) is 8.51. The summed E-state index contributed by atoms with van der Waals surface area (Å²) in [5, 5.41) is 29.9. The molecule has 3 fully saturated rings. The van der Waals surface area contributed by atoms with Crippen molar-refractivity contribution in [3.8, 4) is 0 Å². The number of carbonyl (C=O) groups excluding carboxylic acids is 1. The highest BCUT2D eigenvalue weighted by Gasteiger charge is 2.63. The van der Waals surface area contributed by atoms with Crippen molar-refractivity contribution in [1.82, 2.24) is 0 Å². The largest absolute Gasteiger partial charge is 0.465 e. The first-order valence-corrected chi connectivity index (χ1v) is 10.8. The number of aliphatic hydroxyl groups excluding tert-OH is 3. The summed E-state index contributed by atoms with van der Waals surface area (Å²) >= 11 is 0. The van der Waals surface area contributed by atoms with Gasteiger partial charge in [-0.05, 0) is 62.7 Å². The maximum Gasteiger partial charge on any atom is 0.302 e. The van der Waals surface area contributed by atoms with E-state index in [0.29, 0.717) is 24.9 Å². The van der Waals surface area contributed by atoms with Gasteiger partial charge in [-0.15, -0.1) is 0 Å². The van der Waals surface area contributed by atoms with E-state index in [9.17, 15) is 20.1 Å². The van der Waals surface area contributed by atoms with Crippen molar-refractivity contribution in [2.75, 3.05) is 19.8 Å². The van der Waals surface area contributed by atoms with Crippen LogP contribution in [0.3, 0.4) is 0 Å². The second-order valence-corrected chi connectivity index (χ2v) is 10.3. The predicted octanol–water partition coefficient (Wildman–Crippen LogP) is 2.43. The van der Waals surface area contributed by atoms with E-state index in [0.717, 1.165) is 38.5 Å². The maximum atomic E-state index is 11.4. The summed E-state index contributed by atoms with van der Waals surface area (Å²) in [4.78, 5) is 11.4. The van der Waals surface area contributed by atoms with Crippen LogP contribution in [0.4, 0.5) is 0 Å². The molecule has 0 radical (unpaired) electrons. The molecular weight excluding hydrogens is 360 g/mol. The number of ether oxygens (including phenoxy) is 2. The molecule has 0 aromatic rings. The van der Waals surface area contributed by atoms with Gasteiger partial charge >= 0.3 is 5.97 Å². The first kappa shape index (κ1) is 22.0. The highest BCUT2D eigenvalue weighted by molar-refractivity contribution is 5.65. The van der Waals surface area contributed by atoms with Gasteiger partial charge in [0.1, 0.15) is 11.7 Å². The van der Waals surface area contributed by atoms with Crippen molar-refractivity contribution in [1.29, 1.82) is 0 Å². The molecule has 1 aliphatic heterocycles. The molecule has 0 unspecified atom stereocenters. The van der Waals surface area contributed by atoms with Gasteiger partial charge in [-0.3, -0.25) is 4.79 Å². The number of esters is 1. The number of aliphatic hydroxyl groups is 3. The molecule has 6 heteroatoms. The van der Waals surface area contributed by atoms with E-state index in [-0.39, 0.29) is 23.4 Å². The van der Waals surface area contributed by atoms with Crippen LogP contribution in [0.2, 0.25) is 0 Å². The molecule has 162 valence electrons. The average molecular weight is 399 g/mol. The first-order valence-electron chi connectivity index (χ1n) is 10.8. The fourth-order valence-electron chi connectivity index (χ4n) is 7.13. The van der Waals surface area contributed by atoms with Crippen LogP contribution >= 0.6 is 0 Å². The van der Waals surface area contributed by atoms with E-state index in [2.05, 4.69) is 20.8 Å². The molecule has 0 spiro atoms. The molecule has 0 aromatic carbocycles. The third kappa shape index (κ3) is 3.40. The molecule has 6 nitrogen and oxygen atoms in total. The van der Waals surface area contributed by atoms with Gasteiger partial charge in [0.2, 0.25) is 0 Å². The van der Waals surface area contributed by atoms with E-state index in [1.807, 2.05) is 0 Å². The number of fused-ring (bicyclic) bond motifs is 3. The van der Waals surface area contributed by atoms with Crippen molar-refractivity contribution < 1.29 is 29.6 Å². The zero-order chi connectivity index (χ0) is 20.8. The van der Waals surface area contributed by atoms with Crippen LogP contribution in [-0.4, -0.2) is 58.4 Å². The molecule has 28 heavy (non-hydrogen) atoms. The lowest BCUT2D eigenvalue weighted by Crippen LogP contribution is -2.67. The summed E-state index contributed by atoms with van der Waals surface area (Å²) in [6, 6.07) is 0. The van der Waals surface area contributed by atoms with Crippen molar-refractivity contribution in [2.45, 2.75) is 89.9 Å². The van der Waals surface area contributed by atoms with Gasteiger partial charge in [-0.1, -0.05) is 20.3 Å². The summed E-state index contributed by atoms with van der Waals surface area (Å²) in [5.41, 5.74) is -1.50. The minimum atomic E-state index is -1.08. The van der Waals surface area contributed by atoms with E-state index in [1.54, 1.807) is 0 Å². The molecule has 0 bridgehead atoms. The molecule has 2 aliphatic carbocycles. The number of hydrogen-bond acceptors (Lipinski definition) is 6. The molecule has 3 rings (SSSR count). The molecular formula is C22H38O6. The fourth-order valence-corrected chi connectivity index (χ4v) is 7.13. The van der Waals surface area contributed by atoms with Gasteiger partial charge in [0.15, 0.2) is 0 Å². The predicted molar refractivity (Wildman–Crippen MR) is 105 cm³/mol. The van der Waals surface area contributed by atoms with Gasteiger partial charge in [0, 0.05) is 12.3 Å². The maximum absolute atomic E-state index is 11.4. The van der Waals surface area contributed by atoms with Crippen molar-refractivity contribution in [2.24, 2.45) is 22.7 Å². The minimum absolute atomic E-state index is 0.0316. The zero-order valence-electron chi connectivity index (χ0n) is 17.9. The second-order valence-electron chi connectivity index (χ2n) is 10.3. The van der Waals surface area contributed by atoms with Gasteiger partial charge in [0.05, 0.1) is 25.4 Å². The normalized spacial score (nSPS) is 47.0. The Labute approximate surface area is 168 Å². The summed E-state index contributed by atoms with van der Waals surface area (Å²) in [6.45, 7) is 7.98. The highest BCUT2D eigenvalue weighted by Crippen LogP contribution is 2.65. The van der Waals surface area contributed by atoms with Gasteiger partial charge in [0.25, 0.3) is 0 Å². The Bertz CT molecular complexity index is 596. The summed E-state index contributed by atoms with van der Waals surface area (Å²) in [6.07, 6.45) is 5.40. The van der Waals surface area contributed by atoms with Crippen molar-refractivity contribution in [3.05, 3.63) is 0 Å². The fraction of sp³-hybridized carbons (Fsp3) is 0.955. The summed E-state index contributed by atoms with van der Waals surface area (Å²) in [7, 11) is 0. The first-order chi connectivity index (χ1) is 13.1. The summed E-state index contributed by atoms with van der Waals surface area (Å²) in [5.74, 6) is 0.529. The summed E-state index contributed by atoms with van der Waals surface area (Å²) < 4.78 is 12.0. The van der Waals surface area contributed by atoms with Crippen LogP contribution in [0.1, 0.15) is 72.6 Å². The third-order valence-electron chi connectivity index (χ3n) is 8.51. The van der Waals surface area contributed by atoms with Crippen LogP contribution in [0, 0.1) is 22.7 Å².